The van der Waals surface area contributed by atoms with Crippen LogP contribution in [0.25, 0.3) is 0 Å². The van der Waals surface area contributed by atoms with Crippen molar-refractivity contribution in [3.63, 3.8) is 0 Å². The number of benzene rings is 1. The maximum atomic E-state index is 12.3. The highest BCUT2D eigenvalue weighted by molar-refractivity contribution is 5.76. The summed E-state index contributed by atoms with van der Waals surface area (Å²) in [4.78, 5) is 47.8. The number of hydrogen-bond acceptors (Lipinski definition) is 12. The van der Waals surface area contributed by atoms with Crippen LogP contribution >= 0.6 is 0 Å². The van der Waals surface area contributed by atoms with Crippen molar-refractivity contribution < 1.29 is 52.3 Å². The van der Waals surface area contributed by atoms with E-state index in [1.807, 2.05) is 27.7 Å². The number of carbonyl (C=O) groups is 4. The summed E-state index contributed by atoms with van der Waals surface area (Å²) in [5, 5.41) is 0. The van der Waals surface area contributed by atoms with Gasteiger partial charge in [-0.15, -0.1) is 0 Å². The Kier molecular flexibility index (Phi) is 14.5. The third-order valence-electron chi connectivity index (χ3n) is 4.29. The van der Waals surface area contributed by atoms with Crippen molar-refractivity contribution in [1.82, 2.24) is 0 Å². The Labute approximate surface area is 216 Å². The third-order valence-corrected chi connectivity index (χ3v) is 4.29. The molecule has 0 heterocycles. The number of esters is 1. The average Bonchev–Trinajstić information content (AvgIpc) is 2.84. The van der Waals surface area contributed by atoms with E-state index in [0.717, 1.165) is 0 Å². The van der Waals surface area contributed by atoms with Crippen LogP contribution < -0.4 is 15.2 Å². The zero-order chi connectivity index (χ0) is 27.8. The minimum Gasteiger partial charge on any atom is -0.461 e. The van der Waals surface area contributed by atoms with Gasteiger partial charge in [0.05, 0.1) is 19.8 Å². The van der Waals surface area contributed by atoms with Gasteiger partial charge < -0.3 is 38.9 Å². The number of nitrogens with two attached hydrogens (primary N) is 1. The van der Waals surface area contributed by atoms with E-state index >= 15 is 0 Å². The Bertz CT molecular complexity index is 887. The van der Waals surface area contributed by atoms with E-state index in [0.29, 0.717) is 18.4 Å². The number of rotatable bonds is 14. The van der Waals surface area contributed by atoms with Crippen LogP contribution in [0.1, 0.15) is 53.0 Å². The number of carbonyl (C=O) groups excluding carboxylic acids is 4. The van der Waals surface area contributed by atoms with Gasteiger partial charge in [0, 0.05) is 0 Å². The van der Waals surface area contributed by atoms with Gasteiger partial charge in [-0.1, -0.05) is 33.8 Å². The molecule has 0 radical (unpaired) electrons. The molecular formula is C25H37NO11. The highest BCUT2D eigenvalue weighted by Crippen LogP contribution is 2.30. The molecule has 0 unspecified atom stereocenters. The largest absolute Gasteiger partial charge is 0.513 e. The Morgan fingerprint density at radius 3 is 1.95 bits per heavy atom. The average molecular weight is 528 g/mol. The molecular weight excluding hydrogens is 490 g/mol. The van der Waals surface area contributed by atoms with Gasteiger partial charge in [0.25, 0.3) is 0 Å². The fourth-order valence-corrected chi connectivity index (χ4v) is 2.56. The van der Waals surface area contributed by atoms with Crippen LogP contribution in [0.4, 0.5) is 14.4 Å². The summed E-state index contributed by atoms with van der Waals surface area (Å²) in [5.41, 5.74) is 6.45. The van der Waals surface area contributed by atoms with E-state index in [1.165, 1.54) is 18.2 Å². The lowest BCUT2D eigenvalue weighted by Crippen LogP contribution is -2.36. The van der Waals surface area contributed by atoms with Crippen molar-refractivity contribution in [1.29, 1.82) is 0 Å². The maximum Gasteiger partial charge on any atom is 0.513 e. The van der Waals surface area contributed by atoms with Crippen LogP contribution in [-0.2, 0) is 34.9 Å². The van der Waals surface area contributed by atoms with Crippen LogP contribution in [0.3, 0.4) is 0 Å². The van der Waals surface area contributed by atoms with E-state index in [9.17, 15) is 19.2 Å². The topological polar surface area (TPSA) is 159 Å². The van der Waals surface area contributed by atoms with Crippen molar-refractivity contribution in [3.05, 3.63) is 23.8 Å². The van der Waals surface area contributed by atoms with Crippen LogP contribution in [0, 0.1) is 5.92 Å². The second-order valence-corrected chi connectivity index (χ2v) is 8.51. The molecule has 12 nitrogen and oxygen atoms in total. The van der Waals surface area contributed by atoms with Gasteiger partial charge in [-0.2, -0.15) is 0 Å². The van der Waals surface area contributed by atoms with Gasteiger partial charge in [0.15, 0.2) is 11.5 Å². The van der Waals surface area contributed by atoms with Gasteiger partial charge in [-0.3, -0.25) is 4.79 Å². The molecule has 0 amide bonds. The molecule has 208 valence electrons. The Morgan fingerprint density at radius 2 is 1.38 bits per heavy atom. The summed E-state index contributed by atoms with van der Waals surface area (Å²) in [6.45, 7) is 9.25. The van der Waals surface area contributed by atoms with Gasteiger partial charge in [-0.25, -0.2) is 14.4 Å². The molecule has 1 aromatic carbocycles. The third kappa shape index (κ3) is 13.4. The predicted octanol–water partition coefficient (Wildman–Crippen LogP) is 4.15. The molecule has 0 spiro atoms. The summed E-state index contributed by atoms with van der Waals surface area (Å²) in [6.07, 6.45) is -2.36. The van der Waals surface area contributed by atoms with Crippen molar-refractivity contribution in [3.8, 4) is 11.5 Å². The molecule has 0 bridgehead atoms. The SMILES string of the molecule is CCCOC(=O)Oc1ccc(C[C@H](N)C(=O)OC[C@H](C)OC(=O)OCC(C)C)cc1OC(=O)OCCC. The first-order valence-corrected chi connectivity index (χ1v) is 12.1. The minimum absolute atomic E-state index is 0.00539. The van der Waals surface area contributed by atoms with Crippen LogP contribution in [0.5, 0.6) is 11.5 Å². The predicted molar refractivity (Wildman–Crippen MR) is 130 cm³/mol. The molecule has 1 rings (SSSR count). The lowest BCUT2D eigenvalue weighted by atomic mass is 10.1. The van der Waals surface area contributed by atoms with Crippen LogP contribution in [0.2, 0.25) is 0 Å². The Hall–Kier alpha value is -3.54. The first-order valence-electron chi connectivity index (χ1n) is 12.1. The zero-order valence-electron chi connectivity index (χ0n) is 22.0. The second kappa shape index (κ2) is 17.0. The summed E-state index contributed by atoms with van der Waals surface area (Å²) < 4.78 is 35.1. The molecule has 0 fully saturated rings. The molecule has 2 N–H and O–H groups in total. The smallest absolute Gasteiger partial charge is 0.461 e. The van der Waals surface area contributed by atoms with E-state index in [1.54, 1.807) is 6.92 Å². The van der Waals surface area contributed by atoms with Gasteiger partial charge in [0.1, 0.15) is 18.8 Å². The lowest BCUT2D eigenvalue weighted by molar-refractivity contribution is -0.148. The molecule has 0 saturated heterocycles. The first kappa shape index (κ1) is 31.5. The van der Waals surface area contributed by atoms with E-state index in [2.05, 4.69) is 0 Å². The van der Waals surface area contributed by atoms with Gasteiger partial charge >= 0.3 is 24.4 Å². The highest BCUT2D eigenvalue weighted by atomic mass is 16.7. The summed E-state index contributed by atoms with van der Waals surface area (Å²) in [6, 6.07) is 3.22. The number of ether oxygens (including phenoxy) is 7. The Morgan fingerprint density at radius 1 is 0.784 bits per heavy atom. The summed E-state index contributed by atoms with van der Waals surface area (Å²) in [5.74, 6) is -0.777. The van der Waals surface area contributed by atoms with Crippen LogP contribution in [0.15, 0.2) is 18.2 Å². The molecule has 0 saturated carbocycles. The number of hydrogen-bond donors (Lipinski definition) is 1. The van der Waals surface area contributed by atoms with Gasteiger partial charge in [0.2, 0.25) is 0 Å². The molecule has 2 atom stereocenters. The quantitative estimate of drug-likeness (QED) is 0.209. The highest BCUT2D eigenvalue weighted by Gasteiger charge is 2.21. The van der Waals surface area contributed by atoms with Crippen LogP contribution in [-0.4, -0.2) is 63.0 Å². The van der Waals surface area contributed by atoms with E-state index in [-0.39, 0.29) is 50.3 Å². The fourth-order valence-electron chi connectivity index (χ4n) is 2.56. The summed E-state index contributed by atoms with van der Waals surface area (Å²) >= 11 is 0. The zero-order valence-corrected chi connectivity index (χ0v) is 22.0. The molecule has 0 aliphatic rings. The van der Waals surface area contributed by atoms with E-state index < -0.39 is 36.6 Å². The lowest BCUT2D eigenvalue weighted by Gasteiger charge is -2.17. The fraction of sp³-hybridized carbons (Fsp3) is 0.600. The van der Waals surface area contributed by atoms with Crippen molar-refractivity contribution in [2.45, 2.75) is 66.0 Å². The van der Waals surface area contributed by atoms with Crippen molar-refractivity contribution in [2.24, 2.45) is 11.7 Å². The van der Waals surface area contributed by atoms with Crippen molar-refractivity contribution >= 4 is 24.4 Å². The molecule has 0 aliphatic heterocycles. The molecule has 1 aromatic rings. The normalized spacial score (nSPS) is 12.2. The second-order valence-electron chi connectivity index (χ2n) is 8.51. The summed E-state index contributed by atoms with van der Waals surface area (Å²) in [7, 11) is 0. The standard InChI is InChI=1S/C25H37NO11/c1-6-10-31-23(28)36-20-9-8-18(13-21(20)37-24(29)32-11-7-2)12-19(26)22(27)33-15-17(5)35-25(30)34-14-16(3)4/h8-9,13,16-17,19H,6-7,10-12,14-15,26H2,1-5H3/t17-,19-/m0/s1. The first-order chi connectivity index (χ1) is 17.5. The Balaban J connectivity index is 2.77. The molecule has 0 aromatic heterocycles. The van der Waals surface area contributed by atoms with Gasteiger partial charge in [-0.05, 0) is 49.8 Å². The molecule has 12 heteroatoms. The maximum absolute atomic E-state index is 12.3. The van der Waals surface area contributed by atoms with E-state index in [4.69, 9.17) is 38.9 Å². The molecule has 0 aliphatic carbocycles. The molecule has 37 heavy (non-hydrogen) atoms. The minimum atomic E-state index is -1.08. The van der Waals surface area contributed by atoms with Crippen molar-refractivity contribution in [2.75, 3.05) is 26.4 Å². The monoisotopic (exact) mass is 527 g/mol.